The van der Waals surface area contributed by atoms with Gasteiger partial charge in [0.15, 0.2) is 0 Å². The predicted octanol–water partition coefficient (Wildman–Crippen LogP) is -5.93. The Morgan fingerprint density at radius 2 is 1.56 bits per heavy atom. The number of halogens is 1. The van der Waals surface area contributed by atoms with Crippen molar-refractivity contribution in [2.75, 3.05) is 31.6 Å². The first-order valence-electron chi connectivity index (χ1n) is 13.0. The van der Waals surface area contributed by atoms with E-state index in [0.717, 1.165) is 30.3 Å². The Bertz CT molecular complexity index is 1600. The lowest BCUT2D eigenvalue weighted by atomic mass is 9.56. The summed E-state index contributed by atoms with van der Waals surface area (Å²) in [5, 5.41) is 97.1. The highest BCUT2D eigenvalue weighted by atomic mass is 19.1. The molecule has 236 valence electrons. The van der Waals surface area contributed by atoms with Crippen LogP contribution in [-0.2, 0) is 31.5 Å². The van der Waals surface area contributed by atoms with Crippen molar-refractivity contribution in [3.8, 4) is 0 Å². The summed E-state index contributed by atoms with van der Waals surface area (Å²) < 4.78 is 20.6. The molecule has 0 aliphatic carbocycles. The molecule has 2 aromatic rings. The molecule has 2 aromatic carbocycles. The maximum atomic E-state index is 15.3. The number of morpholine rings is 1. The van der Waals surface area contributed by atoms with Crippen LogP contribution in [0.3, 0.4) is 0 Å². The molecule has 2 fully saturated rings. The summed E-state index contributed by atoms with van der Waals surface area (Å²) in [5.74, 6) is -23.9. The van der Waals surface area contributed by atoms with Gasteiger partial charge in [0.05, 0.1) is 45.6 Å². The quantitative estimate of drug-likeness (QED) is 0.0806. The van der Waals surface area contributed by atoms with Gasteiger partial charge in [-0.3, -0.25) is 19.7 Å². The number of nitrogens with one attached hydrogen (secondary N) is 2. The Hall–Kier alpha value is -3.53. The molecule has 3 aliphatic heterocycles. The normalized spacial score (nSPS) is 24.8. The van der Waals surface area contributed by atoms with E-state index in [0.29, 0.717) is 26.3 Å². The average Bonchev–Trinajstić information content (AvgIpc) is 3.17. The topological polar surface area (TPSA) is 273 Å². The van der Waals surface area contributed by atoms with Gasteiger partial charge in [0, 0.05) is 18.8 Å². The van der Waals surface area contributed by atoms with Crippen LogP contribution in [0.2, 0.25) is 0 Å². The summed E-state index contributed by atoms with van der Waals surface area (Å²) in [6, 6.07) is 5.72. The molecule has 17 nitrogen and oxygen atoms in total. The highest BCUT2D eigenvalue weighted by Crippen LogP contribution is 2.48. The van der Waals surface area contributed by atoms with E-state index >= 15 is 4.39 Å². The fourth-order valence-electron chi connectivity index (χ4n) is 5.46. The minimum absolute atomic E-state index is 0.0332. The number of imide groups is 1. The number of amides is 3. The van der Waals surface area contributed by atoms with E-state index < -0.39 is 85.3 Å². The number of rotatable bonds is 6. The minimum Gasteiger partial charge on any atom is -0.379 e. The SMILES string of the molecule is [B]C([B])(c1ccc(C(O)(O)Nc2cccc3c2C(O)(O)N(C2(O)C(=O)NC(=O)C(O)(O)C2(O)O)C3=O)c(F)c1)N1CCOCC1. The number of benzene rings is 2. The number of aliphatic hydroxyl groups is 9. The molecular formula is C25H25B2FN4O13. The third kappa shape index (κ3) is 4.57. The van der Waals surface area contributed by atoms with Crippen LogP contribution in [-0.4, -0.2) is 133 Å². The number of anilines is 1. The molecular weight excluding hydrogens is 605 g/mol. The van der Waals surface area contributed by atoms with E-state index in [-0.39, 0.29) is 5.56 Å². The lowest BCUT2D eigenvalue weighted by molar-refractivity contribution is -0.433. The molecule has 5 rings (SSSR count). The molecule has 2 saturated heterocycles. The number of fused-ring (bicyclic) bond motifs is 1. The number of nitrogens with zero attached hydrogens (tertiary/aromatic N) is 2. The summed E-state index contributed by atoms with van der Waals surface area (Å²) in [4.78, 5) is 38.7. The molecule has 0 saturated carbocycles. The van der Waals surface area contributed by atoms with Gasteiger partial charge >= 0.3 is 5.79 Å². The van der Waals surface area contributed by atoms with Gasteiger partial charge in [0.2, 0.25) is 0 Å². The van der Waals surface area contributed by atoms with Gasteiger partial charge in [-0.1, -0.05) is 12.1 Å². The van der Waals surface area contributed by atoms with Gasteiger partial charge in [-0.25, -0.2) is 9.29 Å². The van der Waals surface area contributed by atoms with E-state index in [1.54, 1.807) is 4.90 Å². The van der Waals surface area contributed by atoms with Crippen LogP contribution in [0.5, 0.6) is 0 Å². The van der Waals surface area contributed by atoms with Crippen molar-refractivity contribution in [3.05, 3.63) is 64.5 Å². The van der Waals surface area contributed by atoms with Crippen LogP contribution < -0.4 is 10.6 Å². The number of carbonyl (C=O) groups excluding carboxylic acids is 3. The van der Waals surface area contributed by atoms with Crippen molar-refractivity contribution in [2.45, 2.75) is 34.5 Å². The molecule has 3 heterocycles. The summed E-state index contributed by atoms with van der Waals surface area (Å²) in [6.07, 6.45) is 0. The monoisotopic (exact) mass is 630 g/mol. The Morgan fingerprint density at radius 1 is 0.933 bits per heavy atom. The van der Waals surface area contributed by atoms with Gasteiger partial charge in [0.1, 0.15) is 5.82 Å². The second-order valence-corrected chi connectivity index (χ2v) is 10.7. The highest BCUT2D eigenvalue weighted by Gasteiger charge is 2.79. The summed E-state index contributed by atoms with van der Waals surface area (Å²) in [7, 11) is 12.4. The van der Waals surface area contributed by atoms with E-state index in [1.807, 2.05) is 5.32 Å². The third-order valence-corrected chi connectivity index (χ3v) is 7.95. The molecule has 3 aliphatic rings. The molecule has 3 amide bonds. The fourth-order valence-corrected chi connectivity index (χ4v) is 5.46. The largest absolute Gasteiger partial charge is 0.379 e. The summed E-state index contributed by atoms with van der Waals surface area (Å²) >= 11 is 0. The molecule has 0 bridgehead atoms. The van der Waals surface area contributed by atoms with Crippen molar-refractivity contribution in [3.63, 3.8) is 0 Å². The minimum atomic E-state index is -4.69. The molecule has 1 unspecified atom stereocenters. The van der Waals surface area contributed by atoms with Gasteiger partial charge < -0.3 is 60.9 Å². The Balaban J connectivity index is 1.52. The fraction of sp³-hybridized carbons (Fsp3) is 0.400. The lowest BCUT2D eigenvalue weighted by Gasteiger charge is -2.51. The number of carbonyl (C=O) groups is 3. The lowest BCUT2D eigenvalue weighted by Crippen LogP contribution is -2.87. The van der Waals surface area contributed by atoms with Crippen molar-refractivity contribution >= 4 is 39.1 Å². The smallest absolute Gasteiger partial charge is 0.306 e. The van der Waals surface area contributed by atoms with Crippen molar-refractivity contribution in [2.24, 2.45) is 0 Å². The zero-order valence-electron chi connectivity index (χ0n) is 22.9. The zero-order valence-corrected chi connectivity index (χ0v) is 22.9. The first-order chi connectivity index (χ1) is 20.6. The van der Waals surface area contributed by atoms with Gasteiger partial charge in [-0.2, -0.15) is 0 Å². The van der Waals surface area contributed by atoms with Gasteiger partial charge in [0.25, 0.3) is 41.1 Å². The maximum absolute atomic E-state index is 15.3. The van der Waals surface area contributed by atoms with Gasteiger partial charge in [-0.15, -0.1) is 0 Å². The molecule has 45 heavy (non-hydrogen) atoms. The zero-order chi connectivity index (χ0) is 33.5. The second kappa shape index (κ2) is 10.2. The number of hydrogen-bond donors (Lipinski definition) is 11. The second-order valence-electron chi connectivity index (χ2n) is 10.7. The first-order valence-corrected chi connectivity index (χ1v) is 13.0. The Morgan fingerprint density at radius 3 is 2.16 bits per heavy atom. The van der Waals surface area contributed by atoms with Crippen LogP contribution in [0, 0.1) is 5.82 Å². The third-order valence-electron chi connectivity index (χ3n) is 7.95. The van der Waals surface area contributed by atoms with Crippen LogP contribution in [0.15, 0.2) is 36.4 Å². The molecule has 4 radical (unpaired) electrons. The van der Waals surface area contributed by atoms with E-state index in [1.165, 1.54) is 11.4 Å². The number of hydrogen-bond acceptors (Lipinski definition) is 15. The average molecular weight is 630 g/mol. The summed E-state index contributed by atoms with van der Waals surface area (Å²) in [6.45, 7) is 1.26. The Labute approximate surface area is 254 Å². The van der Waals surface area contributed by atoms with E-state index in [2.05, 4.69) is 0 Å². The number of ether oxygens (including phenoxy) is 1. The maximum Gasteiger partial charge on any atom is 0.306 e. The number of piperidine rings is 1. The Kier molecular flexibility index (Phi) is 7.47. The standard InChI is InChI=1S/C25H25B2FN4O13/c26-22(27,31-6-8-45-9-7-31)11-4-5-13(14(28)10-11)23(39,40)30-15-3-1-2-12-16(15)24(41,42)32(17(12)33)20(36)18(34)29-19(35)21(37,38)25(20,43)44/h1-5,10,30,36-44H,6-9H2,(H,29,34,35). The van der Waals surface area contributed by atoms with Crippen LogP contribution >= 0.6 is 0 Å². The van der Waals surface area contributed by atoms with E-state index in [9.17, 15) is 60.3 Å². The van der Waals surface area contributed by atoms with Crippen LogP contribution in [0.1, 0.15) is 27.0 Å². The van der Waals surface area contributed by atoms with Crippen molar-refractivity contribution in [1.82, 2.24) is 15.1 Å². The molecule has 11 N–H and O–H groups in total. The first kappa shape index (κ1) is 32.9. The predicted molar refractivity (Wildman–Crippen MR) is 143 cm³/mol. The van der Waals surface area contributed by atoms with Crippen molar-refractivity contribution < 1.29 is 69.5 Å². The molecule has 20 heteroatoms. The van der Waals surface area contributed by atoms with Crippen LogP contribution in [0.4, 0.5) is 10.1 Å². The summed E-state index contributed by atoms with van der Waals surface area (Å²) in [5.41, 5.74) is -7.87. The van der Waals surface area contributed by atoms with Crippen molar-refractivity contribution in [1.29, 1.82) is 0 Å². The molecule has 0 spiro atoms. The molecule has 0 aromatic heterocycles. The van der Waals surface area contributed by atoms with E-state index in [4.69, 9.17) is 20.4 Å². The highest BCUT2D eigenvalue weighted by molar-refractivity contribution is 6.39. The van der Waals surface area contributed by atoms with Gasteiger partial charge in [-0.05, 0) is 35.2 Å². The molecule has 1 atom stereocenters. The van der Waals surface area contributed by atoms with Crippen LogP contribution in [0.25, 0.3) is 0 Å².